The van der Waals surface area contributed by atoms with Crippen molar-refractivity contribution in [2.24, 2.45) is 14.1 Å². The molecular weight excluding hydrogens is 384 g/mol. The third-order valence-electron chi connectivity index (χ3n) is 5.54. The van der Waals surface area contributed by atoms with Crippen LogP contribution in [0.4, 0.5) is 5.69 Å². The summed E-state index contributed by atoms with van der Waals surface area (Å²) in [6.07, 6.45) is 3.49. The number of carbonyl (C=O) groups excluding carboxylic acids is 2. The number of hydrogen-bond acceptors (Lipinski definition) is 4. The molecule has 2 aromatic carbocycles. The molecular formula is C22H16N4O4. The van der Waals surface area contributed by atoms with Gasteiger partial charge in [0.25, 0.3) is 17.5 Å². The van der Waals surface area contributed by atoms with E-state index in [1.54, 1.807) is 29.9 Å². The number of nitro benzene ring substituents is 1. The van der Waals surface area contributed by atoms with Crippen molar-refractivity contribution in [3.05, 3.63) is 76.1 Å². The Bertz CT molecular complexity index is 1450. The summed E-state index contributed by atoms with van der Waals surface area (Å²) in [6, 6.07) is 12.4. The third-order valence-corrected chi connectivity index (χ3v) is 5.54. The lowest BCUT2D eigenvalue weighted by molar-refractivity contribution is -0.383. The first-order valence-corrected chi connectivity index (χ1v) is 9.25. The van der Waals surface area contributed by atoms with Crippen LogP contribution in [-0.4, -0.2) is 25.9 Å². The molecule has 0 atom stereocenters. The molecule has 30 heavy (non-hydrogen) atoms. The zero-order chi connectivity index (χ0) is 21.2. The van der Waals surface area contributed by atoms with Gasteiger partial charge < -0.3 is 9.13 Å². The van der Waals surface area contributed by atoms with Crippen LogP contribution < -0.4 is 5.32 Å². The monoisotopic (exact) mass is 400 g/mol. The Labute approximate surface area is 170 Å². The number of para-hydroxylation sites is 2. The molecule has 1 N–H and O–H groups in total. The molecule has 8 nitrogen and oxygen atoms in total. The number of hydrogen-bond donors (Lipinski definition) is 1. The first-order valence-electron chi connectivity index (χ1n) is 9.25. The molecule has 148 valence electrons. The normalized spacial score (nSPS) is 14.2. The number of rotatable bonds is 3. The molecule has 4 aromatic rings. The van der Waals surface area contributed by atoms with Gasteiger partial charge in [0.1, 0.15) is 5.52 Å². The highest BCUT2D eigenvalue weighted by atomic mass is 16.6. The summed E-state index contributed by atoms with van der Waals surface area (Å²) >= 11 is 0. The van der Waals surface area contributed by atoms with Crippen molar-refractivity contribution in [1.82, 2.24) is 14.5 Å². The van der Waals surface area contributed by atoms with E-state index in [2.05, 4.69) is 5.32 Å². The quantitative estimate of drug-likeness (QED) is 0.324. The van der Waals surface area contributed by atoms with E-state index in [9.17, 15) is 19.7 Å². The number of aromatic nitrogens is 2. The van der Waals surface area contributed by atoms with E-state index >= 15 is 0 Å². The predicted molar refractivity (Wildman–Crippen MR) is 112 cm³/mol. The van der Waals surface area contributed by atoms with E-state index in [0.29, 0.717) is 22.0 Å². The maximum atomic E-state index is 12.8. The van der Waals surface area contributed by atoms with Gasteiger partial charge in [-0.05, 0) is 6.07 Å². The Morgan fingerprint density at radius 2 is 1.43 bits per heavy atom. The van der Waals surface area contributed by atoms with Gasteiger partial charge in [-0.3, -0.25) is 25.0 Å². The zero-order valence-corrected chi connectivity index (χ0v) is 16.2. The maximum Gasteiger partial charge on any atom is 0.293 e. The van der Waals surface area contributed by atoms with Crippen molar-refractivity contribution in [2.45, 2.75) is 0 Å². The molecule has 0 unspecified atom stereocenters. The number of non-ortho nitro benzene ring substituents is 1. The van der Waals surface area contributed by atoms with Crippen LogP contribution in [0.3, 0.4) is 0 Å². The fourth-order valence-electron chi connectivity index (χ4n) is 4.30. The van der Waals surface area contributed by atoms with Crippen LogP contribution in [0.2, 0.25) is 0 Å². The highest BCUT2D eigenvalue weighted by Gasteiger charge is 2.35. The smallest absolute Gasteiger partial charge is 0.293 e. The molecule has 0 fully saturated rings. The Balaban J connectivity index is 1.88. The van der Waals surface area contributed by atoms with Crippen molar-refractivity contribution >= 4 is 50.5 Å². The lowest BCUT2D eigenvalue weighted by Gasteiger charge is -2.03. The second-order valence-corrected chi connectivity index (χ2v) is 7.29. The largest absolute Gasteiger partial charge is 0.350 e. The highest BCUT2D eigenvalue weighted by molar-refractivity contribution is 6.50. The maximum absolute atomic E-state index is 12.8. The number of aryl methyl sites for hydroxylation is 2. The van der Waals surface area contributed by atoms with Gasteiger partial charge in [-0.15, -0.1) is 0 Å². The molecule has 0 radical (unpaired) electrons. The molecule has 0 spiro atoms. The topological polar surface area (TPSA) is 99.2 Å². The van der Waals surface area contributed by atoms with Crippen molar-refractivity contribution in [3.63, 3.8) is 0 Å². The summed E-state index contributed by atoms with van der Waals surface area (Å²) in [7, 11) is 3.56. The molecule has 2 amide bonds. The molecule has 5 rings (SSSR count). The van der Waals surface area contributed by atoms with Crippen molar-refractivity contribution in [1.29, 1.82) is 0 Å². The van der Waals surface area contributed by atoms with Gasteiger partial charge in [-0.25, -0.2) is 0 Å². The third kappa shape index (κ3) is 2.33. The van der Waals surface area contributed by atoms with Crippen molar-refractivity contribution < 1.29 is 14.5 Å². The van der Waals surface area contributed by atoms with Gasteiger partial charge in [0, 0.05) is 60.0 Å². The van der Waals surface area contributed by atoms with E-state index in [4.69, 9.17) is 0 Å². The van der Waals surface area contributed by atoms with Crippen LogP contribution in [-0.2, 0) is 23.7 Å². The summed E-state index contributed by atoms with van der Waals surface area (Å²) in [6.45, 7) is 0. The van der Waals surface area contributed by atoms with Gasteiger partial charge >= 0.3 is 0 Å². The van der Waals surface area contributed by atoms with Gasteiger partial charge in [0.15, 0.2) is 0 Å². The number of amides is 2. The predicted octanol–water partition coefficient (Wildman–Crippen LogP) is 3.15. The number of nitrogens with one attached hydrogen (secondary N) is 1. The first kappa shape index (κ1) is 17.9. The fourth-order valence-corrected chi connectivity index (χ4v) is 4.30. The van der Waals surface area contributed by atoms with Crippen LogP contribution in [0.5, 0.6) is 0 Å². The van der Waals surface area contributed by atoms with Crippen LogP contribution in [0.15, 0.2) is 54.9 Å². The molecule has 1 aliphatic rings. The van der Waals surface area contributed by atoms with E-state index in [0.717, 1.165) is 10.9 Å². The SMILES string of the molecule is Cn1cc(C2=C(c3cn(C)c4c([N+](=O)[O-])cccc34)C(=O)NC2=O)c2ccccc21. The highest BCUT2D eigenvalue weighted by Crippen LogP contribution is 2.40. The average molecular weight is 400 g/mol. The number of nitrogens with zero attached hydrogens (tertiary/aromatic N) is 3. The number of imide groups is 1. The second-order valence-electron chi connectivity index (χ2n) is 7.29. The molecule has 0 saturated heterocycles. The average Bonchev–Trinajstić information content (AvgIpc) is 3.33. The lowest BCUT2D eigenvalue weighted by atomic mass is 9.95. The standard InChI is InChI=1S/C22H16N4O4/c1-24-10-14(12-6-3-4-8-16(12)24)18-19(22(28)23-21(18)27)15-11-25(2)20-13(15)7-5-9-17(20)26(29)30/h3-11H,1-2H3,(H,23,27,28). The van der Waals surface area contributed by atoms with Crippen molar-refractivity contribution in [2.75, 3.05) is 0 Å². The van der Waals surface area contributed by atoms with Crippen LogP contribution in [0, 0.1) is 10.1 Å². The van der Waals surface area contributed by atoms with Crippen LogP contribution in [0.25, 0.3) is 33.0 Å². The lowest BCUT2D eigenvalue weighted by Crippen LogP contribution is -2.22. The minimum Gasteiger partial charge on any atom is -0.350 e. The fraction of sp³-hybridized carbons (Fsp3) is 0.0909. The zero-order valence-electron chi connectivity index (χ0n) is 16.2. The van der Waals surface area contributed by atoms with E-state index < -0.39 is 16.7 Å². The molecule has 2 aromatic heterocycles. The number of nitro groups is 1. The summed E-state index contributed by atoms with van der Waals surface area (Å²) < 4.78 is 3.52. The minimum atomic E-state index is -0.512. The van der Waals surface area contributed by atoms with E-state index in [1.807, 2.05) is 42.1 Å². The molecule has 3 heterocycles. The Morgan fingerprint density at radius 3 is 2.13 bits per heavy atom. The van der Waals surface area contributed by atoms with E-state index in [1.165, 1.54) is 6.07 Å². The summed E-state index contributed by atoms with van der Waals surface area (Å²) in [5, 5.41) is 15.3. The van der Waals surface area contributed by atoms with Crippen LogP contribution >= 0.6 is 0 Å². The van der Waals surface area contributed by atoms with Crippen LogP contribution in [0.1, 0.15) is 11.1 Å². The number of fused-ring (bicyclic) bond motifs is 2. The molecule has 8 heteroatoms. The van der Waals surface area contributed by atoms with Gasteiger partial charge in [-0.1, -0.05) is 30.3 Å². The Hall–Kier alpha value is -4.20. The molecule has 0 saturated carbocycles. The summed E-state index contributed by atoms with van der Waals surface area (Å²) in [5.41, 5.74) is 2.90. The van der Waals surface area contributed by atoms with Crippen molar-refractivity contribution in [3.8, 4) is 0 Å². The minimum absolute atomic E-state index is 0.0571. The van der Waals surface area contributed by atoms with Gasteiger partial charge in [0.2, 0.25) is 0 Å². The summed E-state index contributed by atoms with van der Waals surface area (Å²) in [5.74, 6) is -0.990. The second kappa shape index (κ2) is 6.15. The van der Waals surface area contributed by atoms with Gasteiger partial charge in [0.05, 0.1) is 16.1 Å². The molecule has 0 bridgehead atoms. The Kier molecular flexibility index (Phi) is 3.66. The molecule has 0 aliphatic carbocycles. The number of benzene rings is 2. The Morgan fingerprint density at radius 1 is 0.833 bits per heavy atom. The first-order chi connectivity index (χ1) is 14.4. The van der Waals surface area contributed by atoms with Gasteiger partial charge in [-0.2, -0.15) is 0 Å². The number of carbonyl (C=O) groups is 2. The van der Waals surface area contributed by atoms with E-state index in [-0.39, 0.29) is 16.8 Å². The summed E-state index contributed by atoms with van der Waals surface area (Å²) in [4.78, 5) is 36.7. The molecule has 1 aliphatic heterocycles.